The van der Waals surface area contributed by atoms with E-state index in [0.29, 0.717) is 25.1 Å². The van der Waals surface area contributed by atoms with Crippen molar-refractivity contribution in [1.82, 2.24) is 0 Å². The minimum atomic E-state index is -3.95. The second-order valence-corrected chi connectivity index (χ2v) is 10.9. The molecule has 3 rings (SSSR count). The molecule has 2 aromatic carbocycles. The van der Waals surface area contributed by atoms with Gasteiger partial charge in [0.2, 0.25) is 15.3 Å². The number of carbonyl (C=O) groups is 1. The van der Waals surface area contributed by atoms with Gasteiger partial charge < -0.3 is 14.7 Å². The number of nitrogens with zero attached hydrogens (tertiary/aromatic N) is 1. The Morgan fingerprint density at radius 1 is 1.25 bits per heavy atom. The van der Waals surface area contributed by atoms with Gasteiger partial charge in [-0.25, -0.2) is 13.2 Å². The van der Waals surface area contributed by atoms with Gasteiger partial charge in [-0.05, 0) is 43.2 Å². The lowest BCUT2D eigenvalue weighted by atomic mass is 9.79. The van der Waals surface area contributed by atoms with Crippen LogP contribution >= 0.6 is 15.9 Å². The zero-order valence-electron chi connectivity index (χ0n) is 18.2. The number of rotatable bonds is 8. The lowest BCUT2D eigenvalue weighted by molar-refractivity contribution is -0.131. The van der Waals surface area contributed by atoms with E-state index in [1.165, 1.54) is 0 Å². The zero-order chi connectivity index (χ0) is 23.4. The van der Waals surface area contributed by atoms with Crippen LogP contribution in [0.2, 0.25) is 0 Å². The van der Waals surface area contributed by atoms with E-state index in [-0.39, 0.29) is 4.90 Å². The van der Waals surface area contributed by atoms with Gasteiger partial charge in [0.1, 0.15) is 0 Å². The van der Waals surface area contributed by atoms with Crippen LogP contribution in [0.15, 0.2) is 70.2 Å². The van der Waals surface area contributed by atoms with Gasteiger partial charge >= 0.3 is 5.97 Å². The molecule has 0 aliphatic carbocycles. The summed E-state index contributed by atoms with van der Waals surface area (Å²) in [5.41, 5.74) is -0.499. The molecule has 1 aliphatic heterocycles. The number of para-hydroxylation sites is 1. The highest BCUT2D eigenvalue weighted by Gasteiger charge is 2.51. The van der Waals surface area contributed by atoms with Gasteiger partial charge in [-0.1, -0.05) is 60.8 Å². The minimum Gasteiger partial charge on any atom is -0.481 e. The normalized spacial score (nSPS) is 22.3. The van der Waals surface area contributed by atoms with Crippen molar-refractivity contribution in [1.29, 1.82) is 0 Å². The maximum Gasteiger partial charge on any atom is 0.331 e. The van der Waals surface area contributed by atoms with E-state index >= 15 is 0 Å². The summed E-state index contributed by atoms with van der Waals surface area (Å²) < 4.78 is 34.5. The summed E-state index contributed by atoms with van der Waals surface area (Å²) in [5.74, 6) is -1.19. The Morgan fingerprint density at radius 3 is 2.59 bits per heavy atom. The molecular weight excluding hydrogens is 494 g/mol. The zero-order valence-corrected chi connectivity index (χ0v) is 20.6. The molecule has 2 unspecified atom stereocenters. The molecule has 2 aromatic rings. The fourth-order valence-electron chi connectivity index (χ4n) is 4.27. The number of hydrogen-bond donors (Lipinski definition) is 1. The Labute approximate surface area is 197 Å². The van der Waals surface area contributed by atoms with Crippen LogP contribution < -0.4 is 4.90 Å². The Kier molecular flexibility index (Phi) is 7.67. The van der Waals surface area contributed by atoms with Crippen molar-refractivity contribution < 1.29 is 23.1 Å². The minimum absolute atomic E-state index is 0.171. The van der Waals surface area contributed by atoms with Crippen LogP contribution in [0.3, 0.4) is 0 Å². The lowest BCUT2D eigenvalue weighted by Crippen LogP contribution is -2.46. The highest BCUT2D eigenvalue weighted by atomic mass is 79.9. The van der Waals surface area contributed by atoms with Gasteiger partial charge in [-0.2, -0.15) is 0 Å². The summed E-state index contributed by atoms with van der Waals surface area (Å²) in [6.07, 6.45) is 4.74. The van der Waals surface area contributed by atoms with Crippen LogP contribution in [-0.4, -0.2) is 31.5 Å². The van der Waals surface area contributed by atoms with Gasteiger partial charge in [0.05, 0.1) is 22.9 Å². The number of carboxylic acids is 1. The second kappa shape index (κ2) is 10.1. The first-order valence-electron chi connectivity index (χ1n) is 10.7. The second-order valence-electron chi connectivity index (χ2n) is 8.01. The Hall–Kier alpha value is -2.32. The summed E-state index contributed by atoms with van der Waals surface area (Å²) in [6, 6.07) is 14.8. The molecule has 1 N–H and O–H groups in total. The average molecular weight is 522 g/mol. The summed E-state index contributed by atoms with van der Waals surface area (Å²) >= 11 is 3.48. The van der Waals surface area contributed by atoms with Crippen molar-refractivity contribution in [3.63, 3.8) is 0 Å². The Balaban J connectivity index is 2.27. The number of anilines is 2. The standard InChI is InChI=1S/C24H28BrNO5S/c1-3-5-14-24(4-2)17-26(19-9-7-6-8-10-19)20-16-18(25)11-12-21(20)32(29,30)23(24)31-15-13-22(27)28/h6-13,15-16,23H,3-5,14,17H2,1-2H3,(H,27,28)/b15-13+. The van der Waals surface area contributed by atoms with Crippen LogP contribution in [-0.2, 0) is 19.4 Å². The summed E-state index contributed by atoms with van der Waals surface area (Å²) in [5, 5.41) is 9.01. The first kappa shape index (κ1) is 24.3. The molecule has 0 spiro atoms. The number of benzene rings is 2. The van der Waals surface area contributed by atoms with Crippen LogP contribution in [0.1, 0.15) is 39.5 Å². The maximum absolute atomic E-state index is 14.0. The summed E-state index contributed by atoms with van der Waals surface area (Å²) in [4.78, 5) is 13.2. The number of unbranched alkanes of at least 4 members (excludes halogenated alkanes) is 1. The molecule has 0 radical (unpaired) electrons. The predicted octanol–water partition coefficient (Wildman–Crippen LogP) is 5.90. The topological polar surface area (TPSA) is 83.9 Å². The molecule has 32 heavy (non-hydrogen) atoms. The summed E-state index contributed by atoms with van der Waals surface area (Å²) in [6.45, 7) is 4.45. The molecule has 1 heterocycles. The van der Waals surface area contributed by atoms with Gasteiger partial charge in [-0.3, -0.25) is 0 Å². The van der Waals surface area contributed by atoms with Crippen LogP contribution in [0.25, 0.3) is 0 Å². The SMILES string of the molecule is CCCCC1(CC)CN(c2ccccc2)c2cc(Br)ccc2S(=O)(=O)C1O/C=C/C(=O)O. The molecule has 0 saturated carbocycles. The Bertz CT molecular complexity index is 1090. The van der Waals surface area contributed by atoms with Crippen LogP contribution in [0.5, 0.6) is 0 Å². The van der Waals surface area contributed by atoms with Gasteiger partial charge in [0.15, 0.2) is 0 Å². The molecule has 172 valence electrons. The highest BCUT2D eigenvalue weighted by Crippen LogP contribution is 2.48. The lowest BCUT2D eigenvalue weighted by Gasteiger charge is -2.40. The smallest absolute Gasteiger partial charge is 0.331 e. The number of hydrogen-bond acceptors (Lipinski definition) is 5. The number of aliphatic carboxylic acids is 1. The van der Waals surface area contributed by atoms with E-state index < -0.39 is 26.7 Å². The Morgan fingerprint density at radius 2 is 1.97 bits per heavy atom. The first-order valence-corrected chi connectivity index (χ1v) is 13.0. The van der Waals surface area contributed by atoms with Crippen molar-refractivity contribution >= 4 is 43.1 Å². The summed E-state index contributed by atoms with van der Waals surface area (Å²) in [7, 11) is -3.95. The maximum atomic E-state index is 14.0. The monoisotopic (exact) mass is 521 g/mol. The molecule has 8 heteroatoms. The number of ether oxygens (including phenoxy) is 1. The van der Waals surface area contributed by atoms with Crippen molar-refractivity contribution in [3.05, 3.63) is 65.3 Å². The van der Waals surface area contributed by atoms with Gasteiger partial charge in [-0.15, -0.1) is 0 Å². The third-order valence-electron chi connectivity index (χ3n) is 5.99. The van der Waals surface area contributed by atoms with Crippen LogP contribution in [0.4, 0.5) is 11.4 Å². The number of sulfone groups is 1. The third kappa shape index (κ3) is 4.86. The molecule has 6 nitrogen and oxygen atoms in total. The predicted molar refractivity (Wildman–Crippen MR) is 129 cm³/mol. The fourth-order valence-corrected chi connectivity index (χ4v) is 6.79. The third-order valence-corrected chi connectivity index (χ3v) is 8.61. The molecule has 0 fully saturated rings. The van der Waals surface area contributed by atoms with E-state index in [1.54, 1.807) is 12.1 Å². The molecule has 0 amide bonds. The quantitative estimate of drug-likeness (QED) is 0.343. The largest absolute Gasteiger partial charge is 0.481 e. The first-order chi connectivity index (χ1) is 15.2. The fraction of sp³-hybridized carbons (Fsp3) is 0.375. The van der Waals surface area contributed by atoms with Crippen molar-refractivity contribution in [3.8, 4) is 0 Å². The number of fused-ring (bicyclic) bond motifs is 1. The van der Waals surface area contributed by atoms with E-state index in [2.05, 4.69) is 22.9 Å². The number of carboxylic acid groups (broad SMARTS) is 1. The number of halogens is 1. The van der Waals surface area contributed by atoms with Gasteiger partial charge in [0.25, 0.3) is 0 Å². The van der Waals surface area contributed by atoms with E-state index in [9.17, 15) is 13.2 Å². The van der Waals surface area contributed by atoms with Crippen molar-refractivity contribution in [2.45, 2.75) is 49.9 Å². The van der Waals surface area contributed by atoms with E-state index in [1.807, 2.05) is 48.2 Å². The average Bonchev–Trinajstić information content (AvgIpc) is 2.84. The highest BCUT2D eigenvalue weighted by molar-refractivity contribution is 9.10. The molecule has 1 aliphatic rings. The molecule has 0 bridgehead atoms. The molecular formula is C24H28BrNO5S. The molecule has 0 saturated heterocycles. The van der Waals surface area contributed by atoms with Crippen molar-refractivity contribution in [2.24, 2.45) is 5.41 Å². The van der Waals surface area contributed by atoms with Crippen molar-refractivity contribution in [2.75, 3.05) is 11.4 Å². The van der Waals surface area contributed by atoms with Crippen LogP contribution in [0, 0.1) is 5.41 Å². The molecule has 2 atom stereocenters. The van der Waals surface area contributed by atoms with Gasteiger partial charge in [0, 0.05) is 22.1 Å². The van der Waals surface area contributed by atoms with E-state index in [0.717, 1.165) is 35.3 Å². The van der Waals surface area contributed by atoms with E-state index in [4.69, 9.17) is 9.84 Å². The molecule has 0 aromatic heterocycles.